The fourth-order valence-corrected chi connectivity index (χ4v) is 4.51. The number of thioether (sulfide) groups is 1. The lowest BCUT2D eigenvalue weighted by atomic mass is 10.0. The molecule has 2 unspecified atom stereocenters. The number of nitrogens with zero attached hydrogens (tertiary/aromatic N) is 2. The van der Waals surface area contributed by atoms with Crippen molar-refractivity contribution < 1.29 is 0 Å². The van der Waals surface area contributed by atoms with Gasteiger partial charge in [0.15, 0.2) is 0 Å². The highest BCUT2D eigenvalue weighted by Crippen LogP contribution is 2.36. The number of benzene rings is 1. The molecule has 1 saturated heterocycles. The zero-order valence-corrected chi connectivity index (χ0v) is 14.7. The second-order valence-electron chi connectivity index (χ2n) is 6.73. The third-order valence-corrected chi connectivity index (χ3v) is 6.04. The van der Waals surface area contributed by atoms with E-state index < -0.39 is 0 Å². The number of hydrogen-bond donors (Lipinski definition) is 1. The highest BCUT2D eigenvalue weighted by molar-refractivity contribution is 7.99. The average Bonchev–Trinajstić information content (AvgIpc) is 2.55. The van der Waals surface area contributed by atoms with Crippen LogP contribution in [0.2, 0.25) is 0 Å². The van der Waals surface area contributed by atoms with E-state index in [1.54, 1.807) is 0 Å². The molecule has 0 radical (unpaired) electrons. The smallest absolute Gasteiger partial charge is 0.0341 e. The van der Waals surface area contributed by atoms with E-state index >= 15 is 0 Å². The van der Waals surface area contributed by atoms with Crippen LogP contribution in [0.5, 0.6) is 0 Å². The van der Waals surface area contributed by atoms with Crippen molar-refractivity contribution in [3.05, 3.63) is 29.8 Å². The predicted molar refractivity (Wildman–Crippen MR) is 95.7 cm³/mol. The molecule has 1 aromatic rings. The first kappa shape index (κ1) is 16.3. The van der Waals surface area contributed by atoms with Crippen LogP contribution in [-0.2, 0) is 0 Å². The summed E-state index contributed by atoms with van der Waals surface area (Å²) < 4.78 is 0. The molecule has 1 N–H and O–H groups in total. The van der Waals surface area contributed by atoms with Gasteiger partial charge in [0.2, 0.25) is 0 Å². The maximum absolute atomic E-state index is 3.87. The molecular weight excluding hydrogens is 290 g/mol. The summed E-state index contributed by atoms with van der Waals surface area (Å²) in [5.74, 6) is 1.24. The molecule has 3 rings (SSSR count). The molecule has 2 aliphatic heterocycles. The summed E-state index contributed by atoms with van der Waals surface area (Å²) in [5, 5.41) is 3.87. The van der Waals surface area contributed by atoms with Gasteiger partial charge in [-0.15, -0.1) is 11.8 Å². The van der Waals surface area contributed by atoms with Gasteiger partial charge in [-0.25, -0.2) is 0 Å². The summed E-state index contributed by atoms with van der Waals surface area (Å²) in [4.78, 5) is 6.51. The van der Waals surface area contributed by atoms with Crippen LogP contribution in [0.3, 0.4) is 0 Å². The van der Waals surface area contributed by atoms with Crippen molar-refractivity contribution in [2.24, 2.45) is 0 Å². The molecule has 1 fully saturated rings. The van der Waals surface area contributed by atoms with E-state index in [1.807, 2.05) is 11.8 Å². The van der Waals surface area contributed by atoms with Gasteiger partial charge in [0.25, 0.3) is 0 Å². The Morgan fingerprint density at radius 3 is 2.82 bits per heavy atom. The third-order valence-electron chi connectivity index (χ3n) is 4.92. The van der Waals surface area contributed by atoms with Gasteiger partial charge in [-0.2, -0.15) is 0 Å². The second-order valence-corrected chi connectivity index (χ2v) is 7.87. The molecule has 0 spiro atoms. The summed E-state index contributed by atoms with van der Waals surface area (Å²) in [6, 6.07) is 10.0. The van der Waals surface area contributed by atoms with Crippen molar-refractivity contribution in [1.29, 1.82) is 0 Å². The summed E-state index contributed by atoms with van der Waals surface area (Å²) in [5.41, 5.74) is 1.50. The Labute approximate surface area is 139 Å². The van der Waals surface area contributed by atoms with Crippen LogP contribution in [-0.4, -0.2) is 61.4 Å². The fourth-order valence-electron chi connectivity index (χ4n) is 3.39. The van der Waals surface area contributed by atoms with E-state index in [9.17, 15) is 0 Å². The molecule has 0 saturated carbocycles. The van der Waals surface area contributed by atoms with Gasteiger partial charge in [-0.05, 0) is 50.7 Å². The molecule has 0 bridgehead atoms. The Kier molecular flexibility index (Phi) is 5.80. The van der Waals surface area contributed by atoms with Crippen molar-refractivity contribution in [2.45, 2.75) is 36.7 Å². The molecule has 0 amide bonds. The molecule has 2 atom stereocenters. The maximum Gasteiger partial charge on any atom is 0.0341 e. The van der Waals surface area contributed by atoms with Crippen molar-refractivity contribution in [3.63, 3.8) is 0 Å². The van der Waals surface area contributed by atoms with E-state index in [0.717, 1.165) is 0 Å². The minimum absolute atomic E-state index is 0.542. The SMILES string of the molecule is CC(CCN1CCN(C)CC1)NC1CCSc2ccccc21. The Morgan fingerprint density at radius 1 is 1.23 bits per heavy atom. The molecule has 3 nitrogen and oxygen atoms in total. The second kappa shape index (κ2) is 7.82. The van der Waals surface area contributed by atoms with Gasteiger partial charge >= 0.3 is 0 Å². The zero-order valence-electron chi connectivity index (χ0n) is 13.9. The van der Waals surface area contributed by atoms with Gasteiger partial charge < -0.3 is 15.1 Å². The number of piperazine rings is 1. The Bertz CT molecular complexity index is 471. The van der Waals surface area contributed by atoms with Crippen molar-refractivity contribution in [2.75, 3.05) is 45.5 Å². The van der Waals surface area contributed by atoms with Crippen molar-refractivity contribution >= 4 is 11.8 Å². The summed E-state index contributed by atoms with van der Waals surface area (Å²) >= 11 is 2.00. The predicted octanol–water partition coefficient (Wildman–Crippen LogP) is 2.84. The van der Waals surface area contributed by atoms with Crippen LogP contribution in [0.1, 0.15) is 31.4 Å². The van der Waals surface area contributed by atoms with Crippen LogP contribution in [0.25, 0.3) is 0 Å². The zero-order chi connectivity index (χ0) is 15.4. The van der Waals surface area contributed by atoms with Crippen molar-refractivity contribution in [3.8, 4) is 0 Å². The summed E-state index contributed by atoms with van der Waals surface area (Å²) in [6.45, 7) is 8.47. The highest BCUT2D eigenvalue weighted by atomic mass is 32.2. The van der Waals surface area contributed by atoms with Crippen LogP contribution in [0, 0.1) is 0 Å². The molecule has 2 heterocycles. The lowest BCUT2D eigenvalue weighted by Crippen LogP contribution is -2.45. The molecule has 22 heavy (non-hydrogen) atoms. The molecule has 4 heteroatoms. The van der Waals surface area contributed by atoms with Gasteiger partial charge in [-0.3, -0.25) is 0 Å². The van der Waals surface area contributed by atoms with Crippen LogP contribution in [0.15, 0.2) is 29.2 Å². The summed E-state index contributed by atoms with van der Waals surface area (Å²) in [6.07, 6.45) is 2.50. The van der Waals surface area contributed by atoms with Crippen LogP contribution in [0.4, 0.5) is 0 Å². The molecule has 0 aromatic heterocycles. The van der Waals surface area contributed by atoms with Crippen LogP contribution < -0.4 is 5.32 Å². The van der Waals surface area contributed by atoms with E-state index in [0.29, 0.717) is 12.1 Å². The first-order valence-corrected chi connectivity index (χ1v) is 9.59. The number of rotatable bonds is 5. The number of hydrogen-bond acceptors (Lipinski definition) is 4. The van der Waals surface area contributed by atoms with Crippen LogP contribution >= 0.6 is 11.8 Å². The average molecular weight is 320 g/mol. The first-order chi connectivity index (χ1) is 10.7. The monoisotopic (exact) mass is 319 g/mol. The standard InChI is InChI=1S/C18H29N3S/c1-15(7-9-21-12-10-20(2)11-13-21)19-17-8-14-22-18-6-4-3-5-16(17)18/h3-6,15,17,19H,7-14H2,1-2H3. The Hall–Kier alpha value is -0.550. The van der Waals surface area contributed by atoms with Gasteiger partial charge in [0.05, 0.1) is 0 Å². The normalized spacial score (nSPS) is 24.9. The molecule has 2 aliphatic rings. The Morgan fingerprint density at radius 2 is 2.00 bits per heavy atom. The number of likely N-dealkylation sites (N-methyl/N-ethyl adjacent to an activating group) is 1. The van der Waals surface area contributed by atoms with Gasteiger partial charge in [0.1, 0.15) is 0 Å². The third kappa shape index (κ3) is 4.25. The number of nitrogens with one attached hydrogen (secondary N) is 1. The summed E-state index contributed by atoms with van der Waals surface area (Å²) in [7, 11) is 2.22. The molecule has 0 aliphatic carbocycles. The van der Waals surface area contributed by atoms with E-state index in [1.165, 1.54) is 61.8 Å². The highest BCUT2D eigenvalue weighted by Gasteiger charge is 2.22. The minimum atomic E-state index is 0.542. The molecule has 122 valence electrons. The maximum atomic E-state index is 3.87. The largest absolute Gasteiger partial charge is 0.307 e. The van der Waals surface area contributed by atoms with E-state index in [2.05, 4.69) is 53.4 Å². The molecular formula is C18H29N3S. The minimum Gasteiger partial charge on any atom is -0.307 e. The lowest BCUT2D eigenvalue weighted by Gasteiger charge is -2.34. The quantitative estimate of drug-likeness (QED) is 0.899. The first-order valence-electron chi connectivity index (χ1n) is 8.61. The van der Waals surface area contributed by atoms with Gasteiger partial charge in [-0.1, -0.05) is 18.2 Å². The van der Waals surface area contributed by atoms with Crippen molar-refractivity contribution in [1.82, 2.24) is 15.1 Å². The number of fused-ring (bicyclic) bond motifs is 1. The molecule has 1 aromatic carbocycles. The van der Waals surface area contributed by atoms with E-state index in [4.69, 9.17) is 0 Å². The fraction of sp³-hybridized carbons (Fsp3) is 0.667. The topological polar surface area (TPSA) is 18.5 Å². The Balaban J connectivity index is 1.47. The lowest BCUT2D eigenvalue weighted by molar-refractivity contribution is 0.148. The van der Waals surface area contributed by atoms with Gasteiger partial charge in [0, 0.05) is 43.2 Å². The van der Waals surface area contributed by atoms with E-state index in [-0.39, 0.29) is 0 Å².